The van der Waals surface area contributed by atoms with Crippen molar-refractivity contribution >= 4 is 143 Å². The molecule has 0 saturated heterocycles. The fourth-order valence-electron chi connectivity index (χ4n) is 12.6. The highest BCUT2D eigenvalue weighted by atomic mass is 15.2. The molecule has 0 spiro atoms. The van der Waals surface area contributed by atoms with Gasteiger partial charge in [0.25, 0.3) is 6.71 Å². The average Bonchev–Trinajstić information content (AvgIpc) is 3.39. The van der Waals surface area contributed by atoms with E-state index in [9.17, 15) is 0 Å². The first-order valence-corrected chi connectivity index (χ1v) is 23.0. The van der Waals surface area contributed by atoms with E-state index in [2.05, 4.69) is 209 Å². The van der Waals surface area contributed by atoms with E-state index in [1.54, 1.807) is 12.7 Å². The highest BCUT2D eigenvalue weighted by Gasteiger charge is 2.46. The van der Waals surface area contributed by atoms with Crippen molar-refractivity contribution < 1.29 is 0 Å². The monoisotopic (exact) mass is 847 g/mol. The lowest BCUT2D eigenvalue weighted by atomic mass is 9.32. The van der Waals surface area contributed by atoms with Crippen molar-refractivity contribution in [2.45, 2.75) is 0 Å². The van der Waals surface area contributed by atoms with Crippen LogP contribution < -0.4 is 26.2 Å². The lowest BCUT2D eigenvalue weighted by Crippen LogP contribution is -2.61. The zero-order valence-electron chi connectivity index (χ0n) is 35.9. The van der Waals surface area contributed by atoms with Crippen LogP contribution in [0, 0.1) is 0 Å². The van der Waals surface area contributed by atoms with Gasteiger partial charge >= 0.3 is 0 Å². The summed E-state index contributed by atoms with van der Waals surface area (Å²) >= 11 is 0. The summed E-state index contributed by atoms with van der Waals surface area (Å²) in [5.41, 5.74) is 11.5. The van der Waals surface area contributed by atoms with Gasteiger partial charge in [-0.15, -0.1) is 0 Å². The quantitative estimate of drug-likeness (QED) is 0.101. The zero-order chi connectivity index (χ0) is 43.5. The Morgan fingerprint density at radius 2 is 0.687 bits per heavy atom. The van der Waals surface area contributed by atoms with Crippen molar-refractivity contribution in [3.05, 3.63) is 207 Å². The molecule has 0 unspecified atom stereocenters. The normalized spacial score (nSPS) is 13.3. The van der Waals surface area contributed by atoms with Crippen molar-refractivity contribution in [1.82, 2.24) is 15.0 Å². The van der Waals surface area contributed by atoms with Gasteiger partial charge in [0.2, 0.25) is 0 Å². The lowest BCUT2D eigenvalue weighted by Gasteiger charge is -2.45. The molecule has 0 fully saturated rings. The Labute approximate surface area is 384 Å². The molecule has 0 aliphatic carbocycles. The molecule has 0 amide bonds. The third-order valence-corrected chi connectivity index (χ3v) is 15.1. The molecule has 0 radical (unpaired) electrons. The molecular weight excluding hydrogens is 814 g/mol. The predicted molar refractivity (Wildman–Crippen MR) is 282 cm³/mol. The third-order valence-electron chi connectivity index (χ3n) is 15.1. The van der Waals surface area contributed by atoms with Crippen molar-refractivity contribution in [1.29, 1.82) is 0 Å². The Kier molecular flexibility index (Phi) is 6.83. The second-order valence-corrected chi connectivity index (χ2v) is 18.3. The van der Waals surface area contributed by atoms with E-state index in [4.69, 9.17) is 9.97 Å². The molecule has 306 valence electrons. The van der Waals surface area contributed by atoms with E-state index in [1.807, 2.05) is 0 Å². The van der Waals surface area contributed by atoms with E-state index in [1.165, 1.54) is 114 Å². The predicted octanol–water partition coefficient (Wildman–Crippen LogP) is 13.7. The van der Waals surface area contributed by atoms with E-state index in [-0.39, 0.29) is 6.71 Å². The third kappa shape index (κ3) is 4.56. The highest BCUT2D eigenvalue weighted by molar-refractivity contribution is 7.03. The molecule has 2 aliphatic heterocycles. The molecule has 5 nitrogen and oxygen atoms in total. The number of aromatic nitrogens is 3. The van der Waals surface area contributed by atoms with Crippen LogP contribution in [0.4, 0.5) is 34.1 Å². The van der Waals surface area contributed by atoms with Crippen LogP contribution in [-0.4, -0.2) is 21.7 Å². The molecule has 0 bridgehead atoms. The number of para-hydroxylation sites is 2. The Morgan fingerprint density at radius 3 is 1.13 bits per heavy atom. The fourth-order valence-corrected chi connectivity index (χ4v) is 12.6. The second kappa shape index (κ2) is 12.9. The van der Waals surface area contributed by atoms with Gasteiger partial charge in [-0.3, -0.25) is 0 Å². The van der Waals surface area contributed by atoms with Crippen molar-refractivity contribution in [2.75, 3.05) is 9.80 Å². The first-order valence-electron chi connectivity index (χ1n) is 23.0. The molecule has 2 aliphatic rings. The average molecular weight is 848 g/mol. The molecule has 16 rings (SSSR count). The highest BCUT2D eigenvalue weighted by Crippen LogP contribution is 2.51. The summed E-state index contributed by atoms with van der Waals surface area (Å²) in [6.45, 7) is -0.156. The molecule has 0 saturated carbocycles. The first kappa shape index (κ1) is 35.5. The van der Waals surface area contributed by atoms with Gasteiger partial charge in [-0.05, 0) is 151 Å². The van der Waals surface area contributed by atoms with Crippen LogP contribution in [0.1, 0.15) is 0 Å². The number of benzene rings is 13. The van der Waals surface area contributed by atoms with Crippen LogP contribution in [0.25, 0.3) is 97.6 Å². The summed E-state index contributed by atoms with van der Waals surface area (Å²) in [4.78, 5) is 18.9. The first-order chi connectivity index (χ1) is 33.3. The summed E-state index contributed by atoms with van der Waals surface area (Å²) in [6.07, 6.45) is 3.20. The SMILES string of the molecule is c1ccc(N2c3cc(-c4ncncn4)cc4c3B(c3c2cc2c5cccc6cccc(c7cccc3c72)c65)c2c(cc3c5cccc6cccc(c7cccc2c73)c65)N4c2ccccc2)cc1. The van der Waals surface area contributed by atoms with Crippen molar-refractivity contribution in [3.63, 3.8) is 0 Å². The maximum absolute atomic E-state index is 4.79. The summed E-state index contributed by atoms with van der Waals surface area (Å²) in [6, 6.07) is 72.7. The largest absolute Gasteiger partial charge is 0.311 e. The summed E-state index contributed by atoms with van der Waals surface area (Å²) in [7, 11) is 0. The molecule has 1 aromatic heterocycles. The van der Waals surface area contributed by atoms with E-state index < -0.39 is 0 Å². The number of hydrogen-bond donors (Lipinski definition) is 0. The standard InChI is InChI=1S/C61H34BN5/c1-3-17-38(18-4-1)66-50-29-37(61-64-33-63-34-65-61)30-51-60(50)62(58-46-27-11-25-42-40-21-7-13-35-15-9-23-44(54(35)40)48(56(42)46)31-52(58)66)59-47-28-12-26-43-41-22-8-14-36-16-10-24-45(55(36)41)49(57(43)47)32-53(59)67(51)39-19-5-2-6-20-39/h1-34H. The van der Waals surface area contributed by atoms with Gasteiger partial charge in [-0.2, -0.15) is 0 Å². The van der Waals surface area contributed by atoms with Gasteiger partial charge in [-0.1, -0.05) is 146 Å². The van der Waals surface area contributed by atoms with Crippen molar-refractivity contribution in [3.8, 4) is 11.4 Å². The lowest BCUT2D eigenvalue weighted by molar-refractivity contribution is 1.05. The number of rotatable bonds is 3. The van der Waals surface area contributed by atoms with Crippen molar-refractivity contribution in [2.24, 2.45) is 0 Å². The Morgan fingerprint density at radius 1 is 0.313 bits per heavy atom. The molecule has 0 atom stereocenters. The van der Waals surface area contributed by atoms with Crippen LogP contribution in [0.3, 0.4) is 0 Å². The van der Waals surface area contributed by atoms with Gasteiger partial charge in [0.05, 0.1) is 0 Å². The topological polar surface area (TPSA) is 45.2 Å². The minimum absolute atomic E-state index is 0.156. The number of hydrogen-bond acceptors (Lipinski definition) is 5. The molecule has 3 heterocycles. The zero-order valence-corrected chi connectivity index (χ0v) is 35.9. The second-order valence-electron chi connectivity index (χ2n) is 18.3. The van der Waals surface area contributed by atoms with Gasteiger partial charge < -0.3 is 9.80 Å². The summed E-state index contributed by atoms with van der Waals surface area (Å²) < 4.78 is 0. The van der Waals surface area contributed by atoms with Gasteiger partial charge in [0, 0.05) is 39.7 Å². The number of nitrogens with zero attached hydrogens (tertiary/aromatic N) is 5. The van der Waals surface area contributed by atoms with Crippen LogP contribution in [0.15, 0.2) is 207 Å². The Hall–Kier alpha value is -8.87. The van der Waals surface area contributed by atoms with Crippen LogP contribution in [0.2, 0.25) is 0 Å². The fraction of sp³-hybridized carbons (Fsp3) is 0. The van der Waals surface area contributed by atoms with Crippen LogP contribution in [0.5, 0.6) is 0 Å². The minimum Gasteiger partial charge on any atom is -0.311 e. The Bertz CT molecular complexity index is 4130. The molecule has 6 heteroatoms. The van der Waals surface area contributed by atoms with Gasteiger partial charge in [0.1, 0.15) is 12.7 Å². The molecule has 67 heavy (non-hydrogen) atoms. The molecule has 14 aromatic rings. The maximum atomic E-state index is 4.79. The van der Waals surface area contributed by atoms with E-state index in [0.29, 0.717) is 5.82 Å². The van der Waals surface area contributed by atoms with Gasteiger partial charge in [-0.25, -0.2) is 15.0 Å². The molecular formula is C61H34BN5. The van der Waals surface area contributed by atoms with Gasteiger partial charge in [0.15, 0.2) is 5.82 Å². The molecule has 0 N–H and O–H groups in total. The minimum atomic E-state index is -0.156. The molecule has 13 aromatic carbocycles. The number of fused-ring (bicyclic) bond motifs is 10. The van der Waals surface area contributed by atoms with Crippen LogP contribution in [-0.2, 0) is 0 Å². The maximum Gasteiger partial charge on any atom is 0.253 e. The van der Waals surface area contributed by atoms with E-state index in [0.717, 1.165) is 28.3 Å². The van der Waals surface area contributed by atoms with Crippen LogP contribution >= 0.6 is 0 Å². The Balaban J connectivity index is 1.16. The number of anilines is 6. The summed E-state index contributed by atoms with van der Waals surface area (Å²) in [5, 5.41) is 20.5. The summed E-state index contributed by atoms with van der Waals surface area (Å²) in [5.74, 6) is 0.631. The smallest absolute Gasteiger partial charge is 0.253 e. The van der Waals surface area contributed by atoms with E-state index >= 15 is 0 Å².